The van der Waals surface area contributed by atoms with Gasteiger partial charge in [-0.25, -0.2) is 4.98 Å². The van der Waals surface area contributed by atoms with Gasteiger partial charge in [-0.2, -0.15) is 5.10 Å². The first-order valence-corrected chi connectivity index (χ1v) is 7.83. The molecule has 3 heterocycles. The molecule has 0 unspecified atom stereocenters. The van der Waals surface area contributed by atoms with E-state index in [9.17, 15) is 4.79 Å². The Bertz CT molecular complexity index is 920. The molecule has 23 heavy (non-hydrogen) atoms. The third kappa shape index (κ3) is 2.55. The van der Waals surface area contributed by atoms with Gasteiger partial charge in [0, 0.05) is 18.8 Å². The summed E-state index contributed by atoms with van der Waals surface area (Å²) in [6.07, 6.45) is 0. The Morgan fingerprint density at radius 1 is 1.26 bits per heavy atom. The van der Waals surface area contributed by atoms with Gasteiger partial charge in [-0.15, -0.1) is 0 Å². The largest absolute Gasteiger partial charge is 0.309 e. The van der Waals surface area contributed by atoms with Crippen LogP contribution in [0, 0.1) is 13.8 Å². The normalized spacial score (nSPS) is 15.9. The summed E-state index contributed by atoms with van der Waals surface area (Å²) in [6.45, 7) is 6.63. The zero-order valence-electron chi connectivity index (χ0n) is 13.3. The van der Waals surface area contributed by atoms with Crippen molar-refractivity contribution in [2.75, 3.05) is 13.1 Å². The number of benzene rings is 1. The van der Waals surface area contributed by atoms with Gasteiger partial charge in [-0.3, -0.25) is 14.4 Å². The van der Waals surface area contributed by atoms with Gasteiger partial charge in [-0.1, -0.05) is 12.1 Å². The highest BCUT2D eigenvalue weighted by molar-refractivity contribution is 5.77. The molecule has 6 nitrogen and oxygen atoms in total. The molecule has 118 valence electrons. The van der Waals surface area contributed by atoms with Gasteiger partial charge in [0.15, 0.2) is 0 Å². The Labute approximate surface area is 133 Å². The molecule has 0 aliphatic carbocycles. The highest BCUT2D eigenvalue weighted by Crippen LogP contribution is 2.23. The Balaban J connectivity index is 1.48. The number of hydrogen-bond donors (Lipinski definition) is 1. The van der Waals surface area contributed by atoms with Crippen LogP contribution in [0.3, 0.4) is 0 Å². The minimum atomic E-state index is -0.0683. The highest BCUT2D eigenvalue weighted by atomic mass is 16.1. The molecule has 1 N–H and O–H groups in total. The third-order valence-corrected chi connectivity index (χ3v) is 4.36. The lowest BCUT2D eigenvalue weighted by atomic mass is 10.1. The average molecular weight is 309 g/mol. The monoisotopic (exact) mass is 309 g/mol. The van der Waals surface area contributed by atoms with Crippen LogP contribution in [0.15, 0.2) is 35.1 Å². The molecule has 1 aromatic carbocycles. The van der Waals surface area contributed by atoms with Crippen molar-refractivity contribution < 1.29 is 0 Å². The summed E-state index contributed by atoms with van der Waals surface area (Å²) in [5, 5.41) is 5.18. The van der Waals surface area contributed by atoms with E-state index in [0.29, 0.717) is 18.0 Å². The minimum absolute atomic E-state index is 0.0683. The number of nitrogens with zero attached hydrogens (tertiary/aromatic N) is 4. The number of aryl methyl sites for hydroxylation is 2. The third-order valence-electron chi connectivity index (χ3n) is 4.36. The molecule has 0 atom stereocenters. The van der Waals surface area contributed by atoms with Gasteiger partial charge < -0.3 is 4.98 Å². The van der Waals surface area contributed by atoms with Crippen molar-refractivity contribution in [2.24, 2.45) is 0 Å². The van der Waals surface area contributed by atoms with E-state index in [-0.39, 0.29) is 5.56 Å². The Morgan fingerprint density at radius 3 is 2.78 bits per heavy atom. The van der Waals surface area contributed by atoms with E-state index in [1.54, 1.807) is 6.07 Å². The van der Waals surface area contributed by atoms with Crippen molar-refractivity contribution in [1.29, 1.82) is 0 Å². The lowest BCUT2D eigenvalue weighted by Gasteiger charge is -2.39. The summed E-state index contributed by atoms with van der Waals surface area (Å²) in [6, 6.07) is 9.95. The second-order valence-corrected chi connectivity index (χ2v) is 6.25. The zero-order valence-corrected chi connectivity index (χ0v) is 13.3. The summed E-state index contributed by atoms with van der Waals surface area (Å²) in [4.78, 5) is 21.8. The van der Waals surface area contributed by atoms with Crippen molar-refractivity contribution in [3.8, 4) is 0 Å². The maximum atomic E-state index is 12.1. The van der Waals surface area contributed by atoms with Gasteiger partial charge in [-0.05, 0) is 32.0 Å². The Morgan fingerprint density at radius 2 is 2.04 bits per heavy atom. The van der Waals surface area contributed by atoms with Crippen LogP contribution in [0.2, 0.25) is 0 Å². The summed E-state index contributed by atoms with van der Waals surface area (Å²) in [7, 11) is 0. The van der Waals surface area contributed by atoms with Crippen LogP contribution in [-0.4, -0.2) is 37.7 Å². The standard InChI is InChI=1S/C17H19N5O/c1-11-7-12(2)22(20-11)13-8-21(9-13)10-16-18-15-6-4-3-5-14(15)17(23)19-16/h3-7,13H,8-10H2,1-2H3,(H,18,19,23). The SMILES string of the molecule is Cc1cc(C)n(C2CN(Cc3nc4ccccc4c(=O)[nH]3)C2)n1. The quantitative estimate of drug-likeness (QED) is 0.801. The number of aromatic nitrogens is 4. The summed E-state index contributed by atoms with van der Waals surface area (Å²) < 4.78 is 2.10. The van der Waals surface area contributed by atoms with Crippen LogP contribution in [0.25, 0.3) is 10.9 Å². The van der Waals surface area contributed by atoms with Gasteiger partial charge in [0.25, 0.3) is 5.56 Å². The van der Waals surface area contributed by atoms with Crippen molar-refractivity contribution >= 4 is 10.9 Å². The van der Waals surface area contributed by atoms with Crippen molar-refractivity contribution in [1.82, 2.24) is 24.6 Å². The first-order chi connectivity index (χ1) is 11.1. The van der Waals surface area contributed by atoms with Gasteiger partial charge in [0.1, 0.15) is 5.82 Å². The molecular weight excluding hydrogens is 290 g/mol. The van der Waals surface area contributed by atoms with Crippen LogP contribution in [0.1, 0.15) is 23.3 Å². The van der Waals surface area contributed by atoms with E-state index < -0.39 is 0 Å². The first-order valence-electron chi connectivity index (χ1n) is 7.83. The number of H-pyrrole nitrogens is 1. The van der Waals surface area contributed by atoms with Crippen molar-refractivity contribution in [2.45, 2.75) is 26.4 Å². The van der Waals surface area contributed by atoms with Crippen LogP contribution < -0.4 is 5.56 Å². The van der Waals surface area contributed by atoms with E-state index >= 15 is 0 Å². The Hall–Kier alpha value is -2.47. The smallest absolute Gasteiger partial charge is 0.258 e. The van der Waals surface area contributed by atoms with Crippen LogP contribution in [-0.2, 0) is 6.54 Å². The topological polar surface area (TPSA) is 66.8 Å². The second-order valence-electron chi connectivity index (χ2n) is 6.25. The molecule has 1 aliphatic rings. The fraction of sp³-hybridized carbons (Fsp3) is 0.353. The van der Waals surface area contributed by atoms with E-state index in [0.717, 1.165) is 30.1 Å². The number of fused-ring (bicyclic) bond motifs is 1. The van der Waals surface area contributed by atoms with E-state index in [4.69, 9.17) is 0 Å². The van der Waals surface area contributed by atoms with E-state index in [1.165, 1.54) is 5.69 Å². The van der Waals surface area contributed by atoms with E-state index in [2.05, 4.69) is 37.6 Å². The molecule has 1 fully saturated rings. The summed E-state index contributed by atoms with van der Waals surface area (Å²) >= 11 is 0. The number of nitrogens with one attached hydrogen (secondary N) is 1. The van der Waals surface area contributed by atoms with Crippen molar-refractivity contribution in [3.63, 3.8) is 0 Å². The zero-order chi connectivity index (χ0) is 16.0. The fourth-order valence-electron chi connectivity index (χ4n) is 3.26. The van der Waals surface area contributed by atoms with E-state index in [1.807, 2.05) is 25.1 Å². The number of rotatable bonds is 3. The lowest BCUT2D eigenvalue weighted by molar-refractivity contribution is 0.0866. The fourth-order valence-corrected chi connectivity index (χ4v) is 3.26. The molecule has 6 heteroatoms. The molecule has 1 aliphatic heterocycles. The lowest BCUT2D eigenvalue weighted by Crippen LogP contribution is -2.48. The first kappa shape index (κ1) is 14.1. The number of hydrogen-bond acceptors (Lipinski definition) is 4. The number of aromatic amines is 1. The molecule has 0 saturated carbocycles. The summed E-state index contributed by atoms with van der Waals surface area (Å²) in [5.41, 5.74) is 2.94. The molecule has 4 rings (SSSR count). The second kappa shape index (κ2) is 5.31. The van der Waals surface area contributed by atoms with Crippen LogP contribution >= 0.6 is 0 Å². The van der Waals surface area contributed by atoms with Gasteiger partial charge >= 0.3 is 0 Å². The predicted molar refractivity (Wildman–Crippen MR) is 88.4 cm³/mol. The maximum Gasteiger partial charge on any atom is 0.258 e. The predicted octanol–water partition coefficient (Wildman–Crippen LogP) is 1.79. The minimum Gasteiger partial charge on any atom is -0.309 e. The highest BCUT2D eigenvalue weighted by Gasteiger charge is 2.30. The maximum absolute atomic E-state index is 12.1. The molecular formula is C17H19N5O. The number of likely N-dealkylation sites (tertiary alicyclic amines) is 1. The summed E-state index contributed by atoms with van der Waals surface area (Å²) in [5.74, 6) is 0.723. The molecule has 0 amide bonds. The van der Waals surface area contributed by atoms with Gasteiger partial charge in [0.05, 0.1) is 29.2 Å². The Kier molecular flexibility index (Phi) is 3.27. The molecule has 2 aromatic heterocycles. The number of para-hydroxylation sites is 1. The average Bonchev–Trinajstić information content (AvgIpc) is 2.81. The van der Waals surface area contributed by atoms with Crippen molar-refractivity contribution in [3.05, 3.63) is 57.9 Å². The molecule has 0 radical (unpaired) electrons. The molecule has 0 bridgehead atoms. The van der Waals surface area contributed by atoms with Crippen LogP contribution in [0.4, 0.5) is 0 Å². The van der Waals surface area contributed by atoms with Gasteiger partial charge in [0.2, 0.25) is 0 Å². The van der Waals surface area contributed by atoms with Crippen LogP contribution in [0.5, 0.6) is 0 Å². The molecule has 1 saturated heterocycles. The molecule has 3 aromatic rings. The molecule has 0 spiro atoms.